The molecule has 0 aromatic carbocycles. The number of hydrogen-bond acceptors (Lipinski definition) is 0. The van der Waals surface area contributed by atoms with Crippen molar-refractivity contribution in [3.05, 3.63) is 0 Å². The van der Waals surface area contributed by atoms with E-state index in [1.165, 1.54) is 6.92 Å². The smallest absolute Gasteiger partial charge is 0.200 e. The van der Waals surface area contributed by atoms with Gasteiger partial charge in [0.05, 0.1) is 0 Å². The molecule has 0 aliphatic heterocycles. The van der Waals surface area contributed by atoms with Crippen LogP contribution in [0.3, 0.4) is 0 Å². The molecule has 0 unspecified atom stereocenters. The summed E-state index contributed by atoms with van der Waals surface area (Å²) in [7, 11) is 0. The number of rotatable bonds is 12. The number of unbranched alkanes of at least 4 members (excludes halogenated alkanes) is 5. The third-order valence-corrected chi connectivity index (χ3v) is 3.75. The summed E-state index contributed by atoms with van der Waals surface area (Å²) in [6, 6.07) is 0. The normalized spacial score (nSPS) is 14.3. The maximum atomic E-state index is 13.5. The molecule has 0 radical (unpaired) electrons. The second-order valence-electron chi connectivity index (χ2n) is 5.83. The van der Waals surface area contributed by atoms with E-state index in [1.54, 1.807) is 0 Å². The molecule has 0 aliphatic rings. The van der Waals surface area contributed by atoms with Crippen LogP contribution in [0.15, 0.2) is 0 Å². The lowest BCUT2D eigenvalue weighted by Crippen LogP contribution is -2.62. The van der Waals surface area contributed by atoms with Crippen molar-refractivity contribution >= 4 is 0 Å². The van der Waals surface area contributed by atoms with Gasteiger partial charge in [0.25, 0.3) is 0 Å². The molecule has 0 nitrogen and oxygen atoms in total. The van der Waals surface area contributed by atoms with Gasteiger partial charge in [-0.2, -0.15) is 35.1 Å². The van der Waals surface area contributed by atoms with Crippen LogP contribution < -0.4 is 0 Å². The molecule has 140 valence electrons. The molecule has 8 heteroatoms. The van der Waals surface area contributed by atoms with Crippen molar-refractivity contribution in [3.8, 4) is 0 Å². The summed E-state index contributed by atoms with van der Waals surface area (Å²) in [4.78, 5) is 0. The summed E-state index contributed by atoms with van der Waals surface area (Å²) in [6.45, 7) is 3.25. The highest BCUT2D eigenvalue weighted by molar-refractivity contribution is 5.03. The topological polar surface area (TPSA) is 0 Å². The van der Waals surface area contributed by atoms with E-state index in [0.29, 0.717) is 12.8 Å². The van der Waals surface area contributed by atoms with Gasteiger partial charge in [0, 0.05) is 12.8 Å². The average Bonchev–Trinajstić information content (AvgIpc) is 2.44. The molecule has 0 aliphatic carbocycles. The molecule has 0 aromatic rings. The van der Waals surface area contributed by atoms with Crippen molar-refractivity contribution in [3.63, 3.8) is 0 Å². The predicted molar refractivity (Wildman–Crippen MR) is 72.7 cm³/mol. The number of hydrogen-bond donors (Lipinski definition) is 0. The Balaban J connectivity index is 5.01. The standard InChI is InChI=1S/C15H24F8/c1-3-5-7-8-9-11-13(18,19)15(22,23)14(20,21)12(16,17)10-6-4-2/h3-11H2,1-2H3. The second-order valence-corrected chi connectivity index (χ2v) is 5.83. The minimum Gasteiger partial charge on any atom is -0.200 e. The van der Waals surface area contributed by atoms with E-state index in [0.717, 1.165) is 6.42 Å². The van der Waals surface area contributed by atoms with E-state index in [2.05, 4.69) is 0 Å². The molecule has 0 N–H and O–H groups in total. The Bertz CT molecular complexity index is 338. The maximum Gasteiger partial charge on any atom is 0.378 e. The van der Waals surface area contributed by atoms with Gasteiger partial charge in [-0.25, -0.2) is 0 Å². The lowest BCUT2D eigenvalue weighted by atomic mass is 9.92. The zero-order chi connectivity index (χ0) is 18.4. The molecule has 0 fully saturated rings. The Morgan fingerprint density at radius 1 is 0.478 bits per heavy atom. The van der Waals surface area contributed by atoms with Crippen molar-refractivity contribution in [1.29, 1.82) is 0 Å². The molecule has 0 bridgehead atoms. The van der Waals surface area contributed by atoms with Gasteiger partial charge >= 0.3 is 23.7 Å². The van der Waals surface area contributed by atoms with Gasteiger partial charge in [0.15, 0.2) is 0 Å². The molecule has 0 saturated carbocycles. The fourth-order valence-electron chi connectivity index (χ4n) is 2.12. The monoisotopic (exact) mass is 356 g/mol. The fourth-order valence-corrected chi connectivity index (χ4v) is 2.12. The molecule has 0 heterocycles. The Hall–Kier alpha value is -0.560. The molecule has 0 spiro atoms. The van der Waals surface area contributed by atoms with Gasteiger partial charge in [0.1, 0.15) is 0 Å². The summed E-state index contributed by atoms with van der Waals surface area (Å²) in [5, 5.41) is 0. The number of halogens is 8. The summed E-state index contributed by atoms with van der Waals surface area (Å²) in [5.41, 5.74) is 0. The van der Waals surface area contributed by atoms with Gasteiger partial charge in [0.2, 0.25) is 0 Å². The van der Waals surface area contributed by atoms with Gasteiger partial charge in [-0.05, 0) is 12.8 Å². The van der Waals surface area contributed by atoms with Gasteiger partial charge in [-0.3, -0.25) is 0 Å². The highest BCUT2D eigenvalue weighted by Gasteiger charge is 2.79. The van der Waals surface area contributed by atoms with Crippen LogP contribution in [0.4, 0.5) is 35.1 Å². The summed E-state index contributed by atoms with van der Waals surface area (Å²) in [6.07, 6.45) is -1.76. The van der Waals surface area contributed by atoms with Crippen LogP contribution in [0, 0.1) is 0 Å². The Labute approximate surface area is 131 Å². The molecule has 0 aromatic heterocycles. The first kappa shape index (κ1) is 22.4. The van der Waals surface area contributed by atoms with Crippen LogP contribution in [0.1, 0.15) is 71.6 Å². The first-order chi connectivity index (χ1) is 10.4. The van der Waals surface area contributed by atoms with Gasteiger partial charge in [-0.1, -0.05) is 46.0 Å². The highest BCUT2D eigenvalue weighted by atomic mass is 19.4. The Morgan fingerprint density at radius 3 is 1.22 bits per heavy atom. The Kier molecular flexibility index (Phi) is 8.30. The average molecular weight is 356 g/mol. The summed E-state index contributed by atoms with van der Waals surface area (Å²) in [5.74, 6) is -22.6. The van der Waals surface area contributed by atoms with Crippen LogP contribution in [-0.4, -0.2) is 23.7 Å². The van der Waals surface area contributed by atoms with E-state index >= 15 is 0 Å². The van der Waals surface area contributed by atoms with E-state index in [9.17, 15) is 35.1 Å². The van der Waals surface area contributed by atoms with Crippen molar-refractivity contribution in [2.45, 2.75) is 95.3 Å². The minimum atomic E-state index is -6.10. The predicted octanol–water partition coefficient (Wildman–Crippen LogP) is 7.08. The third-order valence-electron chi connectivity index (χ3n) is 3.75. The first-order valence-electron chi connectivity index (χ1n) is 7.88. The number of alkyl halides is 8. The SMILES string of the molecule is CCCCCCCC(F)(F)C(F)(F)C(F)(F)C(F)(F)CCCC. The van der Waals surface area contributed by atoms with Crippen LogP contribution in [0.5, 0.6) is 0 Å². The second kappa shape index (κ2) is 8.51. The molecule has 0 atom stereocenters. The van der Waals surface area contributed by atoms with Gasteiger partial charge in [-0.15, -0.1) is 0 Å². The van der Waals surface area contributed by atoms with Crippen molar-refractivity contribution in [1.82, 2.24) is 0 Å². The quantitative estimate of drug-likeness (QED) is 0.259. The first-order valence-corrected chi connectivity index (χ1v) is 7.88. The van der Waals surface area contributed by atoms with Crippen LogP contribution in [0.2, 0.25) is 0 Å². The van der Waals surface area contributed by atoms with Gasteiger partial charge < -0.3 is 0 Å². The van der Waals surface area contributed by atoms with Crippen LogP contribution in [0.25, 0.3) is 0 Å². The van der Waals surface area contributed by atoms with E-state index in [1.807, 2.05) is 6.92 Å². The summed E-state index contributed by atoms with van der Waals surface area (Å²) >= 11 is 0. The van der Waals surface area contributed by atoms with E-state index in [4.69, 9.17) is 0 Å². The molecule has 0 saturated heterocycles. The van der Waals surface area contributed by atoms with Crippen molar-refractivity contribution in [2.75, 3.05) is 0 Å². The van der Waals surface area contributed by atoms with E-state index < -0.39 is 49.4 Å². The largest absolute Gasteiger partial charge is 0.378 e. The zero-order valence-electron chi connectivity index (χ0n) is 13.4. The minimum absolute atomic E-state index is 0.0606. The lowest BCUT2D eigenvalue weighted by molar-refractivity contribution is -0.368. The van der Waals surface area contributed by atoms with Crippen molar-refractivity contribution < 1.29 is 35.1 Å². The zero-order valence-corrected chi connectivity index (χ0v) is 13.4. The highest BCUT2D eigenvalue weighted by Crippen LogP contribution is 2.55. The fraction of sp³-hybridized carbons (Fsp3) is 1.00. The molecular weight excluding hydrogens is 332 g/mol. The lowest BCUT2D eigenvalue weighted by Gasteiger charge is -2.37. The maximum absolute atomic E-state index is 13.5. The molecular formula is C15H24F8. The molecule has 23 heavy (non-hydrogen) atoms. The molecule has 0 rings (SSSR count). The van der Waals surface area contributed by atoms with E-state index in [-0.39, 0.29) is 12.8 Å². The summed E-state index contributed by atoms with van der Waals surface area (Å²) < 4.78 is 108. The van der Waals surface area contributed by atoms with Crippen LogP contribution >= 0.6 is 0 Å². The Morgan fingerprint density at radius 2 is 0.826 bits per heavy atom. The third kappa shape index (κ3) is 5.21. The van der Waals surface area contributed by atoms with Crippen LogP contribution in [-0.2, 0) is 0 Å². The molecule has 0 amide bonds. The van der Waals surface area contributed by atoms with Crippen molar-refractivity contribution in [2.24, 2.45) is 0 Å².